The van der Waals surface area contributed by atoms with Crippen LogP contribution in [0.4, 0.5) is 10.3 Å². The Labute approximate surface area is 219 Å². The van der Waals surface area contributed by atoms with E-state index in [0.717, 1.165) is 12.4 Å². The van der Waals surface area contributed by atoms with Crippen LogP contribution in [0.25, 0.3) is 5.69 Å². The van der Waals surface area contributed by atoms with Crippen LogP contribution in [0.3, 0.4) is 0 Å². The number of rotatable bonds is 11. The molecule has 1 aliphatic rings. The first-order chi connectivity index (χ1) is 18.2. The minimum absolute atomic E-state index is 0.0167. The molecule has 3 aromatic heterocycles. The summed E-state index contributed by atoms with van der Waals surface area (Å²) < 4.78 is 67.0. The van der Waals surface area contributed by atoms with E-state index in [4.69, 9.17) is 18.9 Å². The van der Waals surface area contributed by atoms with Gasteiger partial charge in [0.25, 0.3) is 0 Å². The fraction of sp³-hybridized carbons (Fsp3) is 0.545. The van der Waals surface area contributed by atoms with Gasteiger partial charge in [-0.3, -0.25) is 9.29 Å². The average molecular weight is 553 g/mol. The maximum absolute atomic E-state index is 13.7. The van der Waals surface area contributed by atoms with Crippen molar-refractivity contribution in [3.8, 4) is 17.4 Å². The first-order valence-electron chi connectivity index (χ1n) is 11.8. The molecule has 0 aromatic carbocycles. The molecule has 1 N–H and O–H groups in total. The van der Waals surface area contributed by atoms with Crippen molar-refractivity contribution in [3.63, 3.8) is 0 Å². The van der Waals surface area contributed by atoms with Gasteiger partial charge in [0.15, 0.2) is 17.3 Å². The second-order valence-corrected chi connectivity index (χ2v) is 10.8. The number of nitrogens with zero attached hydrogens (tertiary/aromatic N) is 7. The molecule has 0 bridgehead atoms. The standard InChI is InChI=1S/C22H29FN8O6S/c1-12(2)37-17(18-24-8-15(23)9-25-18)13(3)38(32,33)30-22-29-28-19(14-6-7-36-10-14)31(22)16-20(34-4)26-11-27-21(16)35-5/h8-9,11-14,17H,6-7,10H2,1-5H3,(H,29,30)/t13?,14-,17?/m1/s1. The SMILES string of the molecule is COc1ncnc(OC)c1-n1c(NS(=O)(=O)C(C)C(OC(C)C)c2ncc(F)cn2)nnc1[C@@H]1CCOC1. The summed E-state index contributed by atoms with van der Waals surface area (Å²) in [6.07, 6.45) is 2.31. The topological polar surface area (TPSA) is 165 Å². The molecular weight excluding hydrogens is 523 g/mol. The minimum Gasteiger partial charge on any atom is -0.479 e. The summed E-state index contributed by atoms with van der Waals surface area (Å²) >= 11 is 0. The van der Waals surface area contributed by atoms with Crippen molar-refractivity contribution in [1.29, 1.82) is 0 Å². The van der Waals surface area contributed by atoms with Crippen molar-refractivity contribution in [3.05, 3.63) is 36.2 Å². The van der Waals surface area contributed by atoms with Crippen molar-refractivity contribution >= 4 is 16.0 Å². The van der Waals surface area contributed by atoms with Crippen molar-refractivity contribution in [1.82, 2.24) is 34.7 Å². The summed E-state index contributed by atoms with van der Waals surface area (Å²) in [6, 6.07) is 0. The molecule has 3 aromatic rings. The zero-order valence-corrected chi connectivity index (χ0v) is 22.3. The second kappa shape index (κ2) is 11.5. The molecule has 1 fully saturated rings. The Bertz CT molecular complexity index is 1330. The van der Waals surface area contributed by atoms with Gasteiger partial charge in [-0.1, -0.05) is 0 Å². The number of sulfonamides is 1. The fourth-order valence-electron chi connectivity index (χ4n) is 3.95. The second-order valence-electron chi connectivity index (χ2n) is 8.74. The Morgan fingerprint density at radius 1 is 1.08 bits per heavy atom. The highest BCUT2D eigenvalue weighted by atomic mass is 32.2. The Kier molecular flexibility index (Phi) is 8.32. The molecular formula is C22H29FN8O6S. The third-order valence-electron chi connectivity index (χ3n) is 5.81. The Balaban J connectivity index is 1.78. The van der Waals surface area contributed by atoms with Gasteiger partial charge in [-0.25, -0.2) is 22.8 Å². The molecule has 0 amide bonds. The van der Waals surface area contributed by atoms with Crippen LogP contribution >= 0.6 is 0 Å². The van der Waals surface area contributed by atoms with E-state index in [1.807, 2.05) is 0 Å². The van der Waals surface area contributed by atoms with Gasteiger partial charge in [0, 0.05) is 12.5 Å². The number of hydrogen-bond acceptors (Lipinski definition) is 12. The summed E-state index contributed by atoms with van der Waals surface area (Å²) in [4.78, 5) is 16.2. The zero-order chi connectivity index (χ0) is 27.4. The lowest BCUT2D eigenvalue weighted by Crippen LogP contribution is -2.35. The third-order valence-corrected chi connectivity index (χ3v) is 7.50. The number of anilines is 1. The monoisotopic (exact) mass is 552 g/mol. The maximum Gasteiger partial charge on any atom is 0.245 e. The summed E-state index contributed by atoms with van der Waals surface area (Å²) in [5.74, 6) is -0.322. The van der Waals surface area contributed by atoms with Gasteiger partial charge < -0.3 is 18.9 Å². The number of ether oxygens (including phenoxy) is 4. The highest BCUT2D eigenvalue weighted by Gasteiger charge is 2.37. The maximum atomic E-state index is 13.7. The van der Waals surface area contributed by atoms with Gasteiger partial charge in [-0.15, -0.1) is 10.2 Å². The number of aromatic nitrogens is 7. The van der Waals surface area contributed by atoms with Crippen LogP contribution in [0.15, 0.2) is 18.7 Å². The third kappa shape index (κ3) is 5.66. The largest absolute Gasteiger partial charge is 0.479 e. The number of methoxy groups -OCH3 is 2. The van der Waals surface area contributed by atoms with E-state index >= 15 is 0 Å². The molecule has 4 rings (SSSR count). The van der Waals surface area contributed by atoms with Gasteiger partial charge >= 0.3 is 0 Å². The van der Waals surface area contributed by atoms with Crippen LogP contribution < -0.4 is 14.2 Å². The van der Waals surface area contributed by atoms with E-state index < -0.39 is 27.2 Å². The lowest BCUT2D eigenvalue weighted by atomic mass is 10.1. The van der Waals surface area contributed by atoms with Crippen LogP contribution in [-0.4, -0.2) is 81.9 Å². The number of halogens is 1. The zero-order valence-electron chi connectivity index (χ0n) is 21.5. The molecule has 1 saturated heterocycles. The smallest absolute Gasteiger partial charge is 0.245 e. The van der Waals surface area contributed by atoms with E-state index in [2.05, 4.69) is 34.9 Å². The molecule has 0 radical (unpaired) electrons. The molecule has 38 heavy (non-hydrogen) atoms. The van der Waals surface area contributed by atoms with Gasteiger partial charge in [0.05, 0.1) is 39.3 Å². The quantitative estimate of drug-likeness (QED) is 0.367. The molecule has 1 aliphatic heterocycles. The summed E-state index contributed by atoms with van der Waals surface area (Å²) in [6.45, 7) is 5.79. The highest BCUT2D eigenvalue weighted by Crippen LogP contribution is 2.36. The lowest BCUT2D eigenvalue weighted by molar-refractivity contribution is 0.00144. The molecule has 2 unspecified atom stereocenters. The fourth-order valence-corrected chi connectivity index (χ4v) is 5.03. The summed E-state index contributed by atoms with van der Waals surface area (Å²) in [5.41, 5.74) is 0.214. The summed E-state index contributed by atoms with van der Waals surface area (Å²) in [5, 5.41) is 7.18. The average Bonchev–Trinajstić information content (AvgIpc) is 3.56. The Morgan fingerprint density at radius 2 is 1.74 bits per heavy atom. The molecule has 206 valence electrons. The molecule has 14 nitrogen and oxygen atoms in total. The number of hydrogen-bond donors (Lipinski definition) is 1. The van der Waals surface area contributed by atoms with Gasteiger partial charge in [0.1, 0.15) is 23.5 Å². The number of nitrogens with one attached hydrogen (secondary N) is 1. The Morgan fingerprint density at radius 3 is 2.29 bits per heavy atom. The van der Waals surface area contributed by atoms with Crippen molar-refractivity contribution in [2.45, 2.75) is 50.6 Å². The van der Waals surface area contributed by atoms with Crippen molar-refractivity contribution in [2.24, 2.45) is 0 Å². The van der Waals surface area contributed by atoms with Crippen molar-refractivity contribution < 1.29 is 31.8 Å². The van der Waals surface area contributed by atoms with Crippen LogP contribution in [-0.2, 0) is 19.5 Å². The predicted molar refractivity (Wildman–Crippen MR) is 131 cm³/mol. The van der Waals surface area contributed by atoms with Crippen LogP contribution in [0.2, 0.25) is 0 Å². The van der Waals surface area contributed by atoms with Crippen molar-refractivity contribution in [2.75, 3.05) is 32.2 Å². The predicted octanol–water partition coefficient (Wildman–Crippen LogP) is 1.80. The molecule has 3 atom stereocenters. The van der Waals surface area contributed by atoms with Crippen LogP contribution in [0.1, 0.15) is 50.9 Å². The molecule has 0 spiro atoms. The highest BCUT2D eigenvalue weighted by molar-refractivity contribution is 7.93. The van der Waals surface area contributed by atoms with Gasteiger partial charge in [-0.2, -0.15) is 9.97 Å². The van der Waals surface area contributed by atoms with E-state index in [1.165, 1.54) is 32.0 Å². The van der Waals surface area contributed by atoms with E-state index in [-0.39, 0.29) is 41.2 Å². The summed E-state index contributed by atoms with van der Waals surface area (Å²) in [7, 11) is -1.40. The lowest BCUT2D eigenvalue weighted by Gasteiger charge is -2.25. The van der Waals surface area contributed by atoms with Crippen LogP contribution in [0.5, 0.6) is 11.8 Å². The first kappa shape index (κ1) is 27.5. The minimum atomic E-state index is -4.22. The van der Waals surface area contributed by atoms with Gasteiger partial charge in [-0.05, 0) is 27.2 Å². The van der Waals surface area contributed by atoms with Gasteiger partial charge in [0.2, 0.25) is 27.7 Å². The normalized spacial score (nSPS) is 17.4. The molecule has 0 saturated carbocycles. The molecule has 4 heterocycles. The van der Waals surface area contributed by atoms with E-state index in [1.54, 1.807) is 13.8 Å². The molecule has 0 aliphatic carbocycles. The van der Waals surface area contributed by atoms with Crippen LogP contribution in [0, 0.1) is 5.82 Å². The first-order valence-corrected chi connectivity index (χ1v) is 13.3. The van der Waals surface area contributed by atoms with E-state index in [9.17, 15) is 12.8 Å². The van der Waals surface area contributed by atoms with E-state index in [0.29, 0.717) is 25.5 Å². The Hall–Kier alpha value is -3.50. The molecule has 16 heteroatoms.